The van der Waals surface area contributed by atoms with E-state index in [1.807, 2.05) is 30.3 Å². The van der Waals surface area contributed by atoms with Crippen LogP contribution < -0.4 is 0 Å². The van der Waals surface area contributed by atoms with Gasteiger partial charge in [0.05, 0.1) is 5.56 Å². The molecule has 1 saturated heterocycles. The lowest BCUT2D eigenvalue weighted by atomic mass is 10.1. The molecule has 2 atom stereocenters. The molecule has 0 radical (unpaired) electrons. The molecular weight excluding hydrogens is 391 g/mol. The molecule has 1 fully saturated rings. The summed E-state index contributed by atoms with van der Waals surface area (Å²) >= 11 is 1.25. The number of halogens is 3. The number of thioether (sulfide) groups is 1. The second kappa shape index (κ2) is 8.26. The Hall–Kier alpha value is -2.48. The third kappa shape index (κ3) is 4.49. The van der Waals surface area contributed by atoms with Gasteiger partial charge in [-0.1, -0.05) is 42.5 Å². The highest BCUT2D eigenvalue weighted by Crippen LogP contribution is 2.42. The number of rotatable bonds is 5. The molecule has 1 N–H and O–H groups in total. The van der Waals surface area contributed by atoms with E-state index in [1.54, 1.807) is 0 Å². The minimum absolute atomic E-state index is 0.130. The van der Waals surface area contributed by atoms with E-state index in [0.29, 0.717) is 12.0 Å². The first-order valence-corrected chi connectivity index (χ1v) is 9.69. The summed E-state index contributed by atoms with van der Waals surface area (Å²) in [6, 6.07) is 12.9. The second-order valence-corrected chi connectivity index (χ2v) is 7.56. The highest BCUT2D eigenvalue weighted by molar-refractivity contribution is 7.99. The Balaban J connectivity index is 1.79. The van der Waals surface area contributed by atoms with Gasteiger partial charge in [0.25, 0.3) is 0 Å². The van der Waals surface area contributed by atoms with E-state index in [2.05, 4.69) is 0 Å². The molecule has 8 heteroatoms. The summed E-state index contributed by atoms with van der Waals surface area (Å²) in [5.74, 6) is -1.25. The number of benzene rings is 2. The first kappa shape index (κ1) is 20.3. The Bertz CT molecular complexity index is 840. The van der Waals surface area contributed by atoms with Gasteiger partial charge in [0, 0.05) is 12.2 Å². The highest BCUT2D eigenvalue weighted by atomic mass is 32.2. The van der Waals surface area contributed by atoms with Gasteiger partial charge in [-0.05, 0) is 29.7 Å². The fraction of sp³-hybridized carbons (Fsp3) is 0.300. The quantitative estimate of drug-likeness (QED) is 0.797. The van der Waals surface area contributed by atoms with E-state index < -0.39 is 29.1 Å². The first-order valence-electron chi connectivity index (χ1n) is 8.64. The molecule has 28 heavy (non-hydrogen) atoms. The zero-order valence-electron chi connectivity index (χ0n) is 14.7. The van der Waals surface area contributed by atoms with Crippen molar-refractivity contribution in [2.75, 3.05) is 5.75 Å². The van der Waals surface area contributed by atoms with Gasteiger partial charge in [-0.15, -0.1) is 11.8 Å². The third-order valence-electron chi connectivity index (χ3n) is 4.57. The number of carboxylic acid groups (broad SMARTS) is 1. The zero-order valence-corrected chi connectivity index (χ0v) is 15.5. The van der Waals surface area contributed by atoms with Gasteiger partial charge in [-0.2, -0.15) is 13.2 Å². The maximum atomic E-state index is 12.8. The van der Waals surface area contributed by atoms with Crippen LogP contribution in [0, 0.1) is 0 Å². The van der Waals surface area contributed by atoms with Crippen molar-refractivity contribution in [2.45, 2.75) is 30.4 Å². The SMILES string of the molecule is O=C(O)C1CSC(c2ccc(C(F)(F)F)cc2)N1C(=O)CCc1ccccc1. The van der Waals surface area contributed by atoms with Crippen molar-refractivity contribution in [3.8, 4) is 0 Å². The van der Waals surface area contributed by atoms with Gasteiger partial charge in [0.2, 0.25) is 5.91 Å². The van der Waals surface area contributed by atoms with Crippen LogP contribution in [0.3, 0.4) is 0 Å². The molecular formula is C20H18F3NO3S. The van der Waals surface area contributed by atoms with Crippen molar-refractivity contribution in [3.63, 3.8) is 0 Å². The zero-order chi connectivity index (χ0) is 20.3. The molecule has 0 saturated carbocycles. The second-order valence-electron chi connectivity index (χ2n) is 6.45. The van der Waals surface area contributed by atoms with Crippen molar-refractivity contribution in [1.29, 1.82) is 0 Å². The number of carbonyl (C=O) groups excluding carboxylic acids is 1. The number of hydrogen-bond acceptors (Lipinski definition) is 3. The molecule has 0 aliphatic carbocycles. The molecule has 0 spiro atoms. The van der Waals surface area contributed by atoms with Crippen LogP contribution >= 0.6 is 11.8 Å². The van der Waals surface area contributed by atoms with Crippen LogP contribution in [0.25, 0.3) is 0 Å². The number of aryl methyl sites for hydroxylation is 1. The van der Waals surface area contributed by atoms with Gasteiger partial charge in [-0.25, -0.2) is 4.79 Å². The van der Waals surface area contributed by atoms with E-state index in [1.165, 1.54) is 28.8 Å². The molecule has 2 aromatic rings. The fourth-order valence-corrected chi connectivity index (χ4v) is 4.56. The van der Waals surface area contributed by atoms with Crippen molar-refractivity contribution in [3.05, 3.63) is 71.3 Å². The summed E-state index contributed by atoms with van der Waals surface area (Å²) in [6.07, 6.45) is -3.85. The lowest BCUT2D eigenvalue weighted by molar-refractivity contribution is -0.149. The molecule has 1 amide bonds. The highest BCUT2D eigenvalue weighted by Gasteiger charge is 2.42. The molecule has 2 aromatic carbocycles. The molecule has 1 aliphatic rings. The van der Waals surface area contributed by atoms with Crippen molar-refractivity contribution >= 4 is 23.6 Å². The molecule has 0 bridgehead atoms. The van der Waals surface area contributed by atoms with E-state index in [0.717, 1.165) is 17.7 Å². The smallest absolute Gasteiger partial charge is 0.416 e. The number of alkyl halides is 3. The topological polar surface area (TPSA) is 57.6 Å². The van der Waals surface area contributed by atoms with Gasteiger partial charge in [0.1, 0.15) is 11.4 Å². The van der Waals surface area contributed by atoms with Crippen LogP contribution in [0.15, 0.2) is 54.6 Å². The summed E-state index contributed by atoms with van der Waals surface area (Å²) in [6.45, 7) is 0. The number of amides is 1. The molecule has 2 unspecified atom stereocenters. The maximum absolute atomic E-state index is 12.8. The summed E-state index contributed by atoms with van der Waals surface area (Å²) in [5.41, 5.74) is 0.659. The van der Waals surface area contributed by atoms with Crippen LogP contribution in [-0.2, 0) is 22.2 Å². The molecule has 0 aromatic heterocycles. The summed E-state index contributed by atoms with van der Waals surface area (Å²) in [5, 5.41) is 8.86. The van der Waals surface area contributed by atoms with E-state index >= 15 is 0 Å². The van der Waals surface area contributed by atoms with E-state index in [-0.39, 0.29) is 18.1 Å². The average Bonchev–Trinajstić information content (AvgIpc) is 3.12. The van der Waals surface area contributed by atoms with Crippen molar-refractivity contribution < 1.29 is 27.9 Å². The number of hydrogen-bond donors (Lipinski definition) is 1. The van der Waals surface area contributed by atoms with Crippen LogP contribution in [0.2, 0.25) is 0 Å². The Morgan fingerprint density at radius 1 is 1.07 bits per heavy atom. The van der Waals surface area contributed by atoms with Gasteiger partial charge in [-0.3, -0.25) is 4.79 Å². The summed E-state index contributed by atoms with van der Waals surface area (Å²) in [7, 11) is 0. The molecule has 4 nitrogen and oxygen atoms in total. The minimum atomic E-state index is -4.45. The fourth-order valence-electron chi connectivity index (χ4n) is 3.12. The number of nitrogens with zero attached hydrogens (tertiary/aromatic N) is 1. The number of carbonyl (C=O) groups is 2. The van der Waals surface area contributed by atoms with Crippen LogP contribution in [0.1, 0.15) is 28.5 Å². The lowest BCUT2D eigenvalue weighted by Crippen LogP contribution is -2.43. The molecule has 1 aliphatic heterocycles. The number of aliphatic carboxylic acids is 1. The number of carboxylic acids is 1. The normalized spacial score (nSPS) is 19.6. The Morgan fingerprint density at radius 3 is 2.29 bits per heavy atom. The monoisotopic (exact) mass is 409 g/mol. The Kier molecular flexibility index (Phi) is 5.98. The summed E-state index contributed by atoms with van der Waals surface area (Å²) in [4.78, 5) is 25.7. The summed E-state index contributed by atoms with van der Waals surface area (Å²) < 4.78 is 38.4. The van der Waals surface area contributed by atoms with Gasteiger partial charge >= 0.3 is 12.1 Å². The Labute approximate surface area is 164 Å². The average molecular weight is 409 g/mol. The largest absolute Gasteiger partial charge is 0.480 e. The Morgan fingerprint density at radius 2 is 1.71 bits per heavy atom. The molecule has 1 heterocycles. The minimum Gasteiger partial charge on any atom is -0.480 e. The predicted molar refractivity (Wildman–Crippen MR) is 99.7 cm³/mol. The first-order chi connectivity index (χ1) is 13.3. The maximum Gasteiger partial charge on any atom is 0.416 e. The van der Waals surface area contributed by atoms with Gasteiger partial charge in [0.15, 0.2) is 0 Å². The van der Waals surface area contributed by atoms with Crippen LogP contribution in [0.4, 0.5) is 13.2 Å². The predicted octanol–water partition coefficient (Wildman–Crippen LogP) is 4.37. The van der Waals surface area contributed by atoms with Crippen LogP contribution in [-0.4, -0.2) is 33.7 Å². The van der Waals surface area contributed by atoms with Crippen molar-refractivity contribution in [1.82, 2.24) is 4.90 Å². The molecule has 3 rings (SSSR count). The van der Waals surface area contributed by atoms with Gasteiger partial charge < -0.3 is 10.0 Å². The van der Waals surface area contributed by atoms with E-state index in [4.69, 9.17) is 0 Å². The lowest BCUT2D eigenvalue weighted by Gasteiger charge is -2.28. The van der Waals surface area contributed by atoms with E-state index in [9.17, 15) is 27.9 Å². The third-order valence-corrected chi connectivity index (χ3v) is 5.89. The standard InChI is InChI=1S/C20H18F3NO3S/c21-20(22,23)15-9-7-14(8-10-15)18-24(16(12-28-18)19(26)27)17(25)11-6-13-4-2-1-3-5-13/h1-5,7-10,16,18H,6,11-12H2,(H,26,27). The molecule has 148 valence electrons. The van der Waals surface area contributed by atoms with Crippen molar-refractivity contribution in [2.24, 2.45) is 0 Å². The van der Waals surface area contributed by atoms with Crippen LogP contribution in [0.5, 0.6) is 0 Å².